The second-order valence-corrected chi connectivity index (χ2v) is 2.54. The van der Waals surface area contributed by atoms with Gasteiger partial charge in [0, 0.05) is 0 Å². The lowest BCUT2D eigenvalue weighted by molar-refractivity contribution is -0.124. The highest BCUT2D eigenvalue weighted by Gasteiger charge is 2.24. The largest absolute Gasteiger partial charge is 0.349 e. The molecule has 0 aromatic carbocycles. The molecule has 1 aliphatic heterocycles. The van der Waals surface area contributed by atoms with Crippen LogP contribution < -0.4 is 11.1 Å². The van der Waals surface area contributed by atoms with Gasteiger partial charge >= 0.3 is 0 Å². The van der Waals surface area contributed by atoms with Crippen LogP contribution in [-0.2, 0) is 4.79 Å². The number of nitrogens with two attached hydrogens (primary N) is 1. The Bertz CT molecular complexity index is 140. The van der Waals surface area contributed by atoms with Gasteiger partial charge in [0.05, 0.1) is 12.1 Å². The van der Waals surface area contributed by atoms with Crippen molar-refractivity contribution in [3.05, 3.63) is 0 Å². The van der Waals surface area contributed by atoms with E-state index in [0.717, 1.165) is 0 Å². The van der Waals surface area contributed by atoms with Crippen LogP contribution in [-0.4, -0.2) is 24.7 Å². The van der Waals surface area contributed by atoms with E-state index in [2.05, 4.69) is 5.32 Å². The fourth-order valence-electron chi connectivity index (χ4n) is 1.01. The fraction of sp³-hybridized carbons (Fsp3) is 0.833. The Morgan fingerprint density at radius 1 is 1.70 bits per heavy atom. The zero-order chi connectivity index (χ0) is 7.56. The fourth-order valence-corrected chi connectivity index (χ4v) is 1.01. The van der Waals surface area contributed by atoms with Gasteiger partial charge in [0.2, 0.25) is 5.91 Å². The molecule has 0 radical (unpaired) electrons. The van der Waals surface area contributed by atoms with Crippen molar-refractivity contribution in [2.75, 3.05) is 6.67 Å². The Balaban J connectivity index is 2.41. The van der Waals surface area contributed by atoms with Crippen molar-refractivity contribution < 1.29 is 9.18 Å². The van der Waals surface area contributed by atoms with E-state index in [1.165, 1.54) is 0 Å². The minimum atomic E-state index is -0.488. The Labute approximate surface area is 58.8 Å². The number of carbonyl (C=O) groups excluding carboxylic acids is 1. The number of carbonyl (C=O) groups is 1. The van der Waals surface area contributed by atoms with Gasteiger partial charge < -0.3 is 11.1 Å². The molecule has 2 atom stereocenters. The number of rotatable bonds is 1. The van der Waals surface area contributed by atoms with Gasteiger partial charge in [-0.05, 0) is 12.8 Å². The maximum atomic E-state index is 11.9. The monoisotopic (exact) mass is 146 g/mol. The summed E-state index contributed by atoms with van der Waals surface area (Å²) in [6.45, 7) is -0.488. The highest BCUT2D eigenvalue weighted by molar-refractivity contribution is 5.82. The molecule has 1 rings (SSSR count). The van der Waals surface area contributed by atoms with E-state index in [-0.39, 0.29) is 11.9 Å². The Morgan fingerprint density at radius 2 is 2.40 bits per heavy atom. The van der Waals surface area contributed by atoms with Gasteiger partial charge in [-0.25, -0.2) is 4.39 Å². The molecule has 0 bridgehead atoms. The summed E-state index contributed by atoms with van der Waals surface area (Å²) >= 11 is 0. The van der Waals surface area contributed by atoms with Crippen molar-refractivity contribution >= 4 is 5.91 Å². The molecule has 1 amide bonds. The predicted octanol–water partition coefficient (Wildman–Crippen LogP) is -0.438. The van der Waals surface area contributed by atoms with Crippen LogP contribution in [0.2, 0.25) is 0 Å². The van der Waals surface area contributed by atoms with Crippen LogP contribution in [0.4, 0.5) is 4.39 Å². The number of amides is 1. The minimum absolute atomic E-state index is 0.228. The number of piperidine rings is 1. The van der Waals surface area contributed by atoms with Gasteiger partial charge in [0.1, 0.15) is 6.67 Å². The first-order chi connectivity index (χ1) is 4.74. The molecular weight excluding hydrogens is 135 g/mol. The average molecular weight is 146 g/mol. The summed E-state index contributed by atoms with van der Waals surface area (Å²) in [5, 5.41) is 2.48. The van der Waals surface area contributed by atoms with E-state index >= 15 is 0 Å². The number of alkyl halides is 1. The average Bonchev–Trinajstić information content (AvgIpc) is 1.95. The summed E-state index contributed by atoms with van der Waals surface area (Å²) in [5.74, 6) is -0.228. The summed E-state index contributed by atoms with van der Waals surface area (Å²) in [5.41, 5.74) is 5.36. The van der Waals surface area contributed by atoms with Crippen molar-refractivity contribution in [3.63, 3.8) is 0 Å². The second-order valence-electron chi connectivity index (χ2n) is 2.54. The van der Waals surface area contributed by atoms with Crippen molar-refractivity contribution in [1.82, 2.24) is 5.32 Å². The highest BCUT2D eigenvalue weighted by Crippen LogP contribution is 2.07. The lowest BCUT2D eigenvalue weighted by Crippen LogP contribution is -2.51. The van der Waals surface area contributed by atoms with E-state index in [0.29, 0.717) is 12.8 Å². The van der Waals surface area contributed by atoms with Crippen LogP contribution in [0.1, 0.15) is 12.8 Å². The standard InChI is InChI=1S/C6H11FN2O/c7-3-4-1-2-5(8)6(10)9-4/h4-5H,1-3,8H2,(H,9,10)/t4-,5-/m0/s1. The molecule has 0 unspecified atom stereocenters. The molecule has 0 saturated carbocycles. The lowest BCUT2D eigenvalue weighted by Gasteiger charge is -2.24. The number of halogens is 1. The van der Waals surface area contributed by atoms with Crippen LogP contribution in [0.25, 0.3) is 0 Å². The molecule has 1 saturated heterocycles. The lowest BCUT2D eigenvalue weighted by atomic mass is 10.0. The van der Waals surface area contributed by atoms with Crippen LogP contribution in [0.15, 0.2) is 0 Å². The predicted molar refractivity (Wildman–Crippen MR) is 35.1 cm³/mol. The molecule has 0 aromatic rings. The van der Waals surface area contributed by atoms with Crippen molar-refractivity contribution in [1.29, 1.82) is 0 Å². The van der Waals surface area contributed by atoms with Gasteiger partial charge in [-0.15, -0.1) is 0 Å². The Kier molecular flexibility index (Phi) is 2.21. The van der Waals surface area contributed by atoms with E-state index in [4.69, 9.17) is 5.73 Å². The van der Waals surface area contributed by atoms with Gasteiger partial charge in [0.25, 0.3) is 0 Å². The molecular formula is C6H11FN2O. The quantitative estimate of drug-likeness (QED) is 0.527. The Morgan fingerprint density at radius 3 is 2.90 bits per heavy atom. The molecule has 3 N–H and O–H groups in total. The minimum Gasteiger partial charge on any atom is -0.349 e. The summed E-state index contributed by atoms with van der Waals surface area (Å²) in [6.07, 6.45) is 1.25. The van der Waals surface area contributed by atoms with Crippen molar-refractivity contribution in [2.45, 2.75) is 24.9 Å². The molecule has 0 aliphatic carbocycles. The smallest absolute Gasteiger partial charge is 0.237 e. The normalized spacial score (nSPS) is 33.6. The van der Waals surface area contributed by atoms with E-state index < -0.39 is 12.7 Å². The zero-order valence-electron chi connectivity index (χ0n) is 5.64. The molecule has 4 heteroatoms. The number of hydrogen-bond acceptors (Lipinski definition) is 2. The van der Waals surface area contributed by atoms with E-state index in [1.807, 2.05) is 0 Å². The topological polar surface area (TPSA) is 55.1 Å². The highest BCUT2D eigenvalue weighted by atomic mass is 19.1. The molecule has 1 aliphatic rings. The molecule has 3 nitrogen and oxygen atoms in total. The zero-order valence-corrected chi connectivity index (χ0v) is 5.64. The molecule has 1 heterocycles. The van der Waals surface area contributed by atoms with Crippen molar-refractivity contribution in [3.8, 4) is 0 Å². The van der Waals surface area contributed by atoms with Crippen LogP contribution in [0.5, 0.6) is 0 Å². The molecule has 10 heavy (non-hydrogen) atoms. The first-order valence-electron chi connectivity index (χ1n) is 3.36. The summed E-state index contributed by atoms with van der Waals surface area (Å²) in [7, 11) is 0. The van der Waals surface area contributed by atoms with E-state index in [9.17, 15) is 9.18 Å². The molecule has 0 aromatic heterocycles. The summed E-state index contributed by atoms with van der Waals surface area (Å²) in [4.78, 5) is 10.8. The number of nitrogens with one attached hydrogen (secondary N) is 1. The first-order valence-corrected chi connectivity index (χ1v) is 3.36. The second kappa shape index (κ2) is 2.96. The van der Waals surface area contributed by atoms with Gasteiger partial charge in [-0.1, -0.05) is 0 Å². The third-order valence-corrected chi connectivity index (χ3v) is 1.70. The molecule has 1 fully saturated rings. The maximum Gasteiger partial charge on any atom is 0.237 e. The van der Waals surface area contributed by atoms with Gasteiger partial charge in [-0.2, -0.15) is 0 Å². The first kappa shape index (κ1) is 7.47. The maximum absolute atomic E-state index is 11.9. The third kappa shape index (κ3) is 1.44. The van der Waals surface area contributed by atoms with Crippen molar-refractivity contribution in [2.24, 2.45) is 5.73 Å². The molecule has 0 spiro atoms. The van der Waals surface area contributed by atoms with Crippen LogP contribution >= 0.6 is 0 Å². The molecule has 58 valence electrons. The van der Waals surface area contributed by atoms with Crippen LogP contribution in [0, 0.1) is 0 Å². The summed E-state index contributed by atoms with van der Waals surface area (Å²) < 4.78 is 11.9. The number of hydrogen-bond donors (Lipinski definition) is 2. The Hall–Kier alpha value is -0.640. The SMILES string of the molecule is N[C@H]1CC[C@@H](CF)NC1=O. The third-order valence-electron chi connectivity index (χ3n) is 1.70. The summed E-state index contributed by atoms with van der Waals surface area (Å²) in [6, 6.07) is -0.727. The van der Waals surface area contributed by atoms with Gasteiger partial charge in [0.15, 0.2) is 0 Å². The van der Waals surface area contributed by atoms with Gasteiger partial charge in [-0.3, -0.25) is 4.79 Å². The van der Waals surface area contributed by atoms with E-state index in [1.54, 1.807) is 0 Å². The van der Waals surface area contributed by atoms with Crippen LogP contribution in [0.3, 0.4) is 0 Å².